The zero-order chi connectivity index (χ0) is 20.2. The maximum atomic E-state index is 13.2. The lowest BCUT2D eigenvalue weighted by Crippen LogP contribution is -2.16. The Morgan fingerprint density at radius 1 is 0.966 bits per heavy atom. The van der Waals surface area contributed by atoms with Crippen molar-refractivity contribution in [3.05, 3.63) is 106 Å². The van der Waals surface area contributed by atoms with Crippen LogP contribution in [-0.4, -0.2) is 10.9 Å². The molecule has 1 heterocycles. The SMILES string of the molecule is O=C(Nc1cccc(COc2cccc(F)c2)c1)c1c[nH]c(=O)c2ccccc12. The zero-order valence-electron chi connectivity index (χ0n) is 15.3. The Hall–Kier alpha value is -3.93. The smallest absolute Gasteiger partial charge is 0.257 e. The molecule has 0 aliphatic rings. The number of amides is 1. The van der Waals surface area contributed by atoms with Crippen LogP contribution in [-0.2, 0) is 6.61 Å². The van der Waals surface area contributed by atoms with E-state index in [1.165, 1.54) is 18.3 Å². The van der Waals surface area contributed by atoms with E-state index in [4.69, 9.17) is 4.74 Å². The molecule has 0 saturated carbocycles. The summed E-state index contributed by atoms with van der Waals surface area (Å²) in [6.45, 7) is 0.231. The second kappa shape index (κ2) is 7.98. The maximum Gasteiger partial charge on any atom is 0.257 e. The fraction of sp³-hybridized carbons (Fsp3) is 0.0435. The largest absolute Gasteiger partial charge is 0.489 e. The number of hydrogen-bond donors (Lipinski definition) is 2. The highest BCUT2D eigenvalue weighted by Gasteiger charge is 2.12. The van der Waals surface area contributed by atoms with E-state index in [1.807, 2.05) is 6.07 Å². The molecular formula is C23H17FN2O3. The molecule has 0 bridgehead atoms. The van der Waals surface area contributed by atoms with Crippen molar-refractivity contribution in [3.63, 3.8) is 0 Å². The summed E-state index contributed by atoms with van der Waals surface area (Å²) in [5, 5.41) is 3.88. The molecule has 144 valence electrons. The summed E-state index contributed by atoms with van der Waals surface area (Å²) in [6.07, 6.45) is 1.41. The second-order valence-corrected chi connectivity index (χ2v) is 6.48. The molecule has 0 saturated heterocycles. The predicted octanol–water partition coefficient (Wildman–Crippen LogP) is 4.50. The summed E-state index contributed by atoms with van der Waals surface area (Å²) in [4.78, 5) is 27.3. The molecule has 1 aromatic heterocycles. The van der Waals surface area contributed by atoms with Crippen molar-refractivity contribution >= 4 is 22.4 Å². The topological polar surface area (TPSA) is 71.2 Å². The minimum Gasteiger partial charge on any atom is -0.489 e. The van der Waals surface area contributed by atoms with E-state index < -0.39 is 0 Å². The first-order valence-electron chi connectivity index (χ1n) is 8.99. The number of pyridine rings is 1. The van der Waals surface area contributed by atoms with Gasteiger partial charge in [-0.3, -0.25) is 9.59 Å². The first-order valence-corrected chi connectivity index (χ1v) is 8.99. The highest BCUT2D eigenvalue weighted by Crippen LogP contribution is 2.19. The third kappa shape index (κ3) is 4.16. The minimum atomic E-state index is -0.364. The van der Waals surface area contributed by atoms with E-state index in [2.05, 4.69) is 10.3 Å². The third-order valence-electron chi connectivity index (χ3n) is 4.44. The number of nitrogens with one attached hydrogen (secondary N) is 2. The molecule has 0 fully saturated rings. The van der Waals surface area contributed by atoms with Crippen LogP contribution in [0.2, 0.25) is 0 Å². The van der Waals surface area contributed by atoms with Crippen LogP contribution in [0.1, 0.15) is 15.9 Å². The Bertz CT molecular complexity index is 1250. The Morgan fingerprint density at radius 2 is 1.76 bits per heavy atom. The lowest BCUT2D eigenvalue weighted by atomic mass is 10.1. The van der Waals surface area contributed by atoms with Crippen LogP contribution >= 0.6 is 0 Å². The van der Waals surface area contributed by atoms with E-state index in [0.29, 0.717) is 27.8 Å². The summed E-state index contributed by atoms with van der Waals surface area (Å²) in [6, 6.07) is 20.1. The van der Waals surface area contributed by atoms with Gasteiger partial charge in [0, 0.05) is 28.7 Å². The van der Waals surface area contributed by atoms with Crippen molar-refractivity contribution in [2.75, 3.05) is 5.32 Å². The summed E-state index contributed by atoms with van der Waals surface area (Å²) in [7, 11) is 0. The van der Waals surface area contributed by atoms with Crippen molar-refractivity contribution in [2.24, 2.45) is 0 Å². The molecule has 4 rings (SSSR count). The van der Waals surface area contributed by atoms with Gasteiger partial charge in [0.05, 0.1) is 5.56 Å². The van der Waals surface area contributed by atoms with E-state index in [9.17, 15) is 14.0 Å². The van der Waals surface area contributed by atoms with Gasteiger partial charge in [-0.05, 0) is 35.9 Å². The van der Waals surface area contributed by atoms with Crippen LogP contribution in [0.4, 0.5) is 10.1 Å². The van der Waals surface area contributed by atoms with Gasteiger partial charge in [0.2, 0.25) is 0 Å². The van der Waals surface area contributed by atoms with Crippen LogP contribution in [0.15, 0.2) is 83.8 Å². The predicted molar refractivity (Wildman–Crippen MR) is 110 cm³/mol. The number of rotatable bonds is 5. The number of halogens is 1. The molecule has 0 atom stereocenters. The maximum absolute atomic E-state index is 13.2. The molecule has 6 heteroatoms. The number of ether oxygens (including phenoxy) is 1. The van der Waals surface area contributed by atoms with Crippen molar-refractivity contribution in [1.82, 2.24) is 4.98 Å². The summed E-state index contributed by atoms with van der Waals surface area (Å²) in [5.41, 5.74) is 1.54. The summed E-state index contributed by atoms with van der Waals surface area (Å²) < 4.78 is 18.8. The third-order valence-corrected chi connectivity index (χ3v) is 4.44. The van der Waals surface area contributed by atoms with E-state index in [1.54, 1.807) is 54.6 Å². The van der Waals surface area contributed by atoms with Crippen LogP contribution in [0.5, 0.6) is 5.75 Å². The minimum absolute atomic E-state index is 0.231. The van der Waals surface area contributed by atoms with Crippen LogP contribution < -0.4 is 15.6 Å². The van der Waals surface area contributed by atoms with Crippen molar-refractivity contribution in [3.8, 4) is 5.75 Å². The van der Waals surface area contributed by atoms with Gasteiger partial charge in [0.15, 0.2) is 0 Å². The lowest BCUT2D eigenvalue weighted by Gasteiger charge is -2.10. The Kier molecular flexibility index (Phi) is 5.07. The van der Waals surface area contributed by atoms with Gasteiger partial charge in [-0.2, -0.15) is 0 Å². The van der Waals surface area contributed by atoms with Crippen LogP contribution in [0.25, 0.3) is 10.8 Å². The molecule has 0 spiro atoms. The Labute approximate surface area is 165 Å². The molecule has 0 aliphatic carbocycles. The molecular weight excluding hydrogens is 371 g/mol. The first-order chi connectivity index (χ1) is 14.1. The molecule has 0 unspecified atom stereocenters. The van der Waals surface area contributed by atoms with Crippen LogP contribution in [0, 0.1) is 5.82 Å². The Balaban J connectivity index is 1.52. The molecule has 4 aromatic rings. The number of aromatic nitrogens is 1. The van der Waals surface area contributed by atoms with Gasteiger partial charge in [-0.1, -0.05) is 36.4 Å². The fourth-order valence-electron chi connectivity index (χ4n) is 3.06. The molecule has 29 heavy (non-hydrogen) atoms. The number of fused-ring (bicyclic) bond motifs is 1. The number of benzene rings is 3. The van der Waals surface area contributed by atoms with Crippen molar-refractivity contribution in [1.29, 1.82) is 0 Å². The molecule has 2 N–H and O–H groups in total. The van der Waals surface area contributed by atoms with Gasteiger partial charge >= 0.3 is 0 Å². The van der Waals surface area contributed by atoms with Crippen LogP contribution in [0.3, 0.4) is 0 Å². The number of hydrogen-bond acceptors (Lipinski definition) is 3. The number of aromatic amines is 1. The van der Waals surface area contributed by atoms with Crippen molar-refractivity contribution in [2.45, 2.75) is 6.61 Å². The standard InChI is InChI=1S/C23H17FN2O3/c24-16-6-4-8-18(12-16)29-14-15-5-3-7-17(11-15)26-23(28)21-13-25-22(27)20-10-2-1-9-19(20)21/h1-13H,14H2,(H,25,27)(H,26,28). The average molecular weight is 388 g/mol. The quantitative estimate of drug-likeness (QED) is 0.529. The molecule has 5 nitrogen and oxygen atoms in total. The van der Waals surface area contributed by atoms with E-state index >= 15 is 0 Å². The monoisotopic (exact) mass is 388 g/mol. The van der Waals surface area contributed by atoms with Gasteiger partial charge in [0.1, 0.15) is 18.2 Å². The zero-order valence-corrected chi connectivity index (χ0v) is 15.3. The van der Waals surface area contributed by atoms with Gasteiger partial charge in [0.25, 0.3) is 11.5 Å². The van der Waals surface area contributed by atoms with Gasteiger partial charge in [-0.25, -0.2) is 4.39 Å². The lowest BCUT2D eigenvalue weighted by molar-refractivity contribution is 0.102. The number of carbonyl (C=O) groups is 1. The highest BCUT2D eigenvalue weighted by molar-refractivity contribution is 6.12. The number of carbonyl (C=O) groups excluding carboxylic acids is 1. The van der Waals surface area contributed by atoms with Gasteiger partial charge < -0.3 is 15.0 Å². The summed E-state index contributed by atoms with van der Waals surface area (Å²) >= 11 is 0. The van der Waals surface area contributed by atoms with Gasteiger partial charge in [-0.15, -0.1) is 0 Å². The van der Waals surface area contributed by atoms with E-state index in [-0.39, 0.29) is 23.9 Å². The first kappa shape index (κ1) is 18.4. The number of H-pyrrole nitrogens is 1. The van der Waals surface area contributed by atoms with Crippen molar-refractivity contribution < 1.29 is 13.9 Å². The summed E-state index contributed by atoms with van der Waals surface area (Å²) in [5.74, 6) is -0.267. The Morgan fingerprint density at radius 3 is 2.59 bits per heavy atom. The second-order valence-electron chi connectivity index (χ2n) is 6.48. The normalized spacial score (nSPS) is 10.7. The molecule has 3 aromatic carbocycles. The fourth-order valence-corrected chi connectivity index (χ4v) is 3.06. The highest BCUT2D eigenvalue weighted by atomic mass is 19.1. The molecule has 1 amide bonds. The molecule has 0 radical (unpaired) electrons. The average Bonchev–Trinajstić information content (AvgIpc) is 2.73. The molecule has 0 aliphatic heterocycles. The van der Waals surface area contributed by atoms with E-state index in [0.717, 1.165) is 5.56 Å². The number of anilines is 1.